The van der Waals surface area contributed by atoms with Crippen molar-refractivity contribution < 1.29 is 5.11 Å². The van der Waals surface area contributed by atoms with Crippen molar-refractivity contribution in [2.24, 2.45) is 0 Å². The average molecular weight is 143 g/mol. The lowest BCUT2D eigenvalue weighted by molar-refractivity contribution is 0.164. The van der Waals surface area contributed by atoms with Crippen molar-refractivity contribution in [1.29, 1.82) is 0 Å². The van der Waals surface area contributed by atoms with Gasteiger partial charge in [0.1, 0.15) is 0 Å². The molecule has 0 radical (unpaired) electrons. The zero-order chi connectivity index (χ0) is 7.40. The average Bonchev–Trinajstić information content (AvgIpc) is 2.34. The molecule has 2 nitrogen and oxygen atoms in total. The second-order valence-electron chi connectivity index (χ2n) is 3.19. The van der Waals surface area contributed by atoms with Crippen molar-refractivity contribution in [3.63, 3.8) is 0 Å². The molecule has 0 amide bonds. The Labute approximate surface area is 62.8 Å². The lowest BCUT2D eigenvalue weighted by Gasteiger charge is -2.14. The van der Waals surface area contributed by atoms with Crippen LogP contribution in [0.1, 0.15) is 26.2 Å². The quantitative estimate of drug-likeness (QED) is 0.633. The minimum absolute atomic E-state index is 0.124. The lowest BCUT2D eigenvalue weighted by Crippen LogP contribution is -2.23. The number of hydrogen-bond acceptors (Lipinski definition) is 2. The van der Waals surface area contributed by atoms with Gasteiger partial charge in [0.2, 0.25) is 0 Å². The van der Waals surface area contributed by atoms with Gasteiger partial charge in [-0.1, -0.05) is 0 Å². The Morgan fingerprint density at radius 1 is 1.40 bits per heavy atom. The Morgan fingerprint density at radius 3 is 2.50 bits per heavy atom. The molecule has 1 N–H and O–H groups in total. The molecular formula is C8H17NO. The highest BCUT2D eigenvalue weighted by Crippen LogP contribution is 2.07. The molecule has 1 rings (SSSR count). The summed E-state index contributed by atoms with van der Waals surface area (Å²) in [6.07, 6.45) is 3.50. The van der Waals surface area contributed by atoms with Crippen molar-refractivity contribution in [2.45, 2.75) is 32.3 Å². The van der Waals surface area contributed by atoms with Crippen molar-refractivity contribution in [3.8, 4) is 0 Å². The fraction of sp³-hybridized carbons (Fsp3) is 1.00. The highest BCUT2D eigenvalue weighted by molar-refractivity contribution is 4.66. The number of likely N-dealkylation sites (tertiary alicyclic amines) is 1. The predicted molar refractivity (Wildman–Crippen MR) is 42.0 cm³/mol. The van der Waals surface area contributed by atoms with E-state index in [1.807, 2.05) is 6.92 Å². The highest BCUT2D eigenvalue weighted by Gasteiger charge is 2.10. The molecule has 0 aliphatic carbocycles. The van der Waals surface area contributed by atoms with E-state index in [0.29, 0.717) is 0 Å². The van der Waals surface area contributed by atoms with Crippen LogP contribution in [-0.2, 0) is 0 Å². The van der Waals surface area contributed by atoms with Gasteiger partial charge in [-0.25, -0.2) is 0 Å². The van der Waals surface area contributed by atoms with Gasteiger partial charge >= 0.3 is 0 Å². The Balaban J connectivity index is 2.01. The van der Waals surface area contributed by atoms with E-state index in [0.717, 1.165) is 13.0 Å². The van der Waals surface area contributed by atoms with Crippen LogP contribution in [0.25, 0.3) is 0 Å². The minimum Gasteiger partial charge on any atom is -0.393 e. The number of hydrogen-bond donors (Lipinski definition) is 1. The number of aliphatic hydroxyl groups excluding tert-OH is 1. The molecule has 0 aromatic carbocycles. The molecule has 1 aliphatic heterocycles. The van der Waals surface area contributed by atoms with Gasteiger partial charge in [0, 0.05) is 6.54 Å². The van der Waals surface area contributed by atoms with Crippen LogP contribution in [0.3, 0.4) is 0 Å². The van der Waals surface area contributed by atoms with Crippen LogP contribution >= 0.6 is 0 Å². The van der Waals surface area contributed by atoms with Crippen LogP contribution in [-0.4, -0.2) is 35.7 Å². The molecule has 0 unspecified atom stereocenters. The first kappa shape index (κ1) is 8.02. The van der Waals surface area contributed by atoms with Gasteiger partial charge in [-0.3, -0.25) is 0 Å². The van der Waals surface area contributed by atoms with E-state index in [2.05, 4.69) is 4.90 Å². The van der Waals surface area contributed by atoms with Gasteiger partial charge in [0.25, 0.3) is 0 Å². The summed E-state index contributed by atoms with van der Waals surface area (Å²) in [7, 11) is 0. The SMILES string of the molecule is C[C@H](O)CCN1CCCC1. The summed E-state index contributed by atoms with van der Waals surface area (Å²) < 4.78 is 0. The summed E-state index contributed by atoms with van der Waals surface area (Å²) in [5, 5.41) is 8.99. The number of nitrogens with zero attached hydrogens (tertiary/aromatic N) is 1. The van der Waals surface area contributed by atoms with Gasteiger partial charge in [-0.05, 0) is 39.3 Å². The third-order valence-corrected chi connectivity index (χ3v) is 2.06. The minimum atomic E-state index is -0.124. The van der Waals surface area contributed by atoms with Crippen LogP contribution in [0, 0.1) is 0 Å². The monoisotopic (exact) mass is 143 g/mol. The fourth-order valence-corrected chi connectivity index (χ4v) is 1.38. The molecule has 0 aromatic rings. The standard InChI is InChI=1S/C8H17NO/c1-8(10)4-7-9-5-2-3-6-9/h8,10H,2-7H2,1H3/t8-/m0/s1. The molecule has 1 atom stereocenters. The summed E-state index contributed by atoms with van der Waals surface area (Å²) in [5.41, 5.74) is 0. The van der Waals surface area contributed by atoms with E-state index in [9.17, 15) is 0 Å². The van der Waals surface area contributed by atoms with E-state index in [1.165, 1.54) is 25.9 Å². The molecule has 2 heteroatoms. The Hall–Kier alpha value is -0.0800. The molecular weight excluding hydrogens is 126 g/mol. The zero-order valence-corrected chi connectivity index (χ0v) is 6.71. The molecule has 10 heavy (non-hydrogen) atoms. The second-order valence-corrected chi connectivity index (χ2v) is 3.19. The molecule has 1 aliphatic rings. The second kappa shape index (κ2) is 3.94. The summed E-state index contributed by atoms with van der Waals surface area (Å²) >= 11 is 0. The van der Waals surface area contributed by atoms with Crippen LogP contribution in [0.15, 0.2) is 0 Å². The fourth-order valence-electron chi connectivity index (χ4n) is 1.38. The first-order valence-corrected chi connectivity index (χ1v) is 4.19. The molecule has 1 fully saturated rings. The third kappa shape index (κ3) is 2.67. The van der Waals surface area contributed by atoms with Gasteiger partial charge in [-0.15, -0.1) is 0 Å². The molecule has 0 aromatic heterocycles. The molecule has 1 heterocycles. The summed E-state index contributed by atoms with van der Waals surface area (Å²) in [6.45, 7) is 5.42. The van der Waals surface area contributed by atoms with Crippen LogP contribution < -0.4 is 0 Å². The Bertz CT molecular complexity index is 87.3. The van der Waals surface area contributed by atoms with Crippen molar-refractivity contribution in [3.05, 3.63) is 0 Å². The normalized spacial score (nSPS) is 23.4. The maximum absolute atomic E-state index is 8.99. The van der Waals surface area contributed by atoms with E-state index >= 15 is 0 Å². The van der Waals surface area contributed by atoms with E-state index in [-0.39, 0.29) is 6.10 Å². The maximum Gasteiger partial charge on any atom is 0.0524 e. The molecule has 0 saturated carbocycles. The number of rotatable bonds is 3. The summed E-state index contributed by atoms with van der Waals surface area (Å²) in [4.78, 5) is 2.42. The largest absolute Gasteiger partial charge is 0.393 e. The predicted octanol–water partition coefficient (Wildman–Crippen LogP) is 0.853. The number of aliphatic hydroxyl groups is 1. The van der Waals surface area contributed by atoms with Crippen LogP contribution in [0.5, 0.6) is 0 Å². The van der Waals surface area contributed by atoms with E-state index < -0.39 is 0 Å². The molecule has 1 saturated heterocycles. The van der Waals surface area contributed by atoms with E-state index in [1.54, 1.807) is 0 Å². The maximum atomic E-state index is 8.99. The van der Waals surface area contributed by atoms with Crippen molar-refractivity contribution >= 4 is 0 Å². The Morgan fingerprint density at radius 2 is 2.00 bits per heavy atom. The molecule has 0 bridgehead atoms. The molecule has 60 valence electrons. The van der Waals surface area contributed by atoms with Gasteiger partial charge < -0.3 is 10.0 Å². The topological polar surface area (TPSA) is 23.5 Å². The third-order valence-electron chi connectivity index (χ3n) is 2.06. The van der Waals surface area contributed by atoms with Gasteiger partial charge in [0.15, 0.2) is 0 Å². The van der Waals surface area contributed by atoms with Gasteiger partial charge in [0.05, 0.1) is 6.10 Å². The Kier molecular flexibility index (Phi) is 3.16. The van der Waals surface area contributed by atoms with E-state index in [4.69, 9.17) is 5.11 Å². The first-order valence-electron chi connectivity index (χ1n) is 4.19. The smallest absolute Gasteiger partial charge is 0.0524 e. The zero-order valence-electron chi connectivity index (χ0n) is 6.71. The lowest BCUT2D eigenvalue weighted by atomic mass is 10.3. The van der Waals surface area contributed by atoms with Crippen LogP contribution in [0.2, 0.25) is 0 Å². The van der Waals surface area contributed by atoms with Crippen molar-refractivity contribution in [1.82, 2.24) is 4.90 Å². The van der Waals surface area contributed by atoms with Crippen molar-refractivity contribution in [2.75, 3.05) is 19.6 Å². The highest BCUT2D eigenvalue weighted by atomic mass is 16.3. The van der Waals surface area contributed by atoms with Gasteiger partial charge in [-0.2, -0.15) is 0 Å². The molecule has 0 spiro atoms. The van der Waals surface area contributed by atoms with Crippen LogP contribution in [0.4, 0.5) is 0 Å². The first-order chi connectivity index (χ1) is 4.79. The summed E-state index contributed by atoms with van der Waals surface area (Å²) in [6, 6.07) is 0. The summed E-state index contributed by atoms with van der Waals surface area (Å²) in [5.74, 6) is 0.